The van der Waals surface area contributed by atoms with Crippen molar-refractivity contribution in [2.75, 3.05) is 13.2 Å². The Labute approximate surface area is 87.8 Å². The van der Waals surface area contributed by atoms with Crippen LogP contribution < -0.4 is 5.73 Å². The van der Waals surface area contributed by atoms with E-state index in [0.29, 0.717) is 0 Å². The van der Waals surface area contributed by atoms with Crippen molar-refractivity contribution in [3.8, 4) is 0 Å². The van der Waals surface area contributed by atoms with Crippen LogP contribution in [0.5, 0.6) is 0 Å². The van der Waals surface area contributed by atoms with Crippen molar-refractivity contribution in [2.24, 2.45) is 5.73 Å². The van der Waals surface area contributed by atoms with Gasteiger partial charge in [-0.15, -0.1) is 0 Å². The molecule has 0 aromatic rings. The number of rotatable bonds is 5. The van der Waals surface area contributed by atoms with E-state index in [1.165, 1.54) is 0 Å². The van der Waals surface area contributed by atoms with Gasteiger partial charge in [0.25, 0.3) is 0 Å². The molecule has 92 valence electrons. The molecule has 4 unspecified atom stereocenters. The molecule has 0 bridgehead atoms. The lowest BCUT2D eigenvalue weighted by Crippen LogP contribution is -2.46. The van der Waals surface area contributed by atoms with E-state index in [0.717, 1.165) is 6.54 Å². The topological polar surface area (TPSA) is 144 Å². The summed E-state index contributed by atoms with van der Waals surface area (Å²) in [6.45, 7) is 1.89. The summed E-state index contributed by atoms with van der Waals surface area (Å²) in [6.07, 6.45) is -6.84. The summed E-state index contributed by atoms with van der Waals surface area (Å²) >= 11 is 0. The van der Waals surface area contributed by atoms with Gasteiger partial charge < -0.3 is 36.1 Å². The van der Waals surface area contributed by atoms with Crippen LogP contribution in [0.25, 0.3) is 0 Å². The molecule has 4 atom stereocenters. The van der Waals surface area contributed by atoms with Crippen molar-refractivity contribution < 1.29 is 30.3 Å². The van der Waals surface area contributed by atoms with Gasteiger partial charge in [-0.05, 0) is 6.54 Å². The molecule has 0 amide bonds. The number of aliphatic hydroxyl groups excluding tert-OH is 5. The number of hydrogen-bond donors (Lipinski definition) is 6. The fourth-order valence-electron chi connectivity index (χ4n) is 0.618. The fourth-order valence-corrected chi connectivity index (χ4v) is 0.618. The maximum atomic E-state index is 9.90. The second kappa shape index (κ2) is 9.97. The minimum Gasteiger partial charge on any atom is -0.394 e. The monoisotopic (exact) mass is 225 g/mol. The van der Waals surface area contributed by atoms with E-state index in [1.54, 1.807) is 0 Å². The highest BCUT2D eigenvalue weighted by Crippen LogP contribution is 2.02. The molecule has 0 aromatic heterocycles. The van der Waals surface area contributed by atoms with Crippen molar-refractivity contribution in [3.63, 3.8) is 0 Å². The Kier molecular flexibility index (Phi) is 11.2. The van der Waals surface area contributed by atoms with Gasteiger partial charge in [0.1, 0.15) is 24.4 Å². The quantitative estimate of drug-likeness (QED) is 0.267. The summed E-state index contributed by atoms with van der Waals surface area (Å²) in [4.78, 5) is 9.90. The molecule has 0 rings (SSSR count). The molecule has 0 fully saturated rings. The van der Waals surface area contributed by atoms with E-state index in [-0.39, 0.29) is 6.29 Å². The minimum atomic E-state index is -1.79. The number of aldehydes is 1. The number of nitrogens with two attached hydrogens (primary N) is 1. The second-order valence-corrected chi connectivity index (χ2v) is 2.77. The van der Waals surface area contributed by atoms with Gasteiger partial charge in [-0.2, -0.15) is 0 Å². The van der Waals surface area contributed by atoms with E-state index in [2.05, 4.69) is 0 Å². The Bertz CT molecular complexity index is 156. The SMILES string of the molecule is CCN.O=CC(O)C(O)C(O)C(O)CO. The molecule has 0 saturated carbocycles. The van der Waals surface area contributed by atoms with Gasteiger partial charge in [-0.3, -0.25) is 0 Å². The number of carbonyl (C=O) groups excluding carboxylic acids is 1. The first-order valence-electron chi connectivity index (χ1n) is 4.44. The molecular weight excluding hydrogens is 206 g/mol. The summed E-state index contributed by atoms with van der Waals surface area (Å²) in [5.74, 6) is 0. The number of hydrogen-bond acceptors (Lipinski definition) is 7. The highest BCUT2D eigenvalue weighted by Gasteiger charge is 2.29. The van der Waals surface area contributed by atoms with Crippen LogP contribution in [0.3, 0.4) is 0 Å². The van der Waals surface area contributed by atoms with Gasteiger partial charge >= 0.3 is 0 Å². The Balaban J connectivity index is 0. The second-order valence-electron chi connectivity index (χ2n) is 2.77. The third-order valence-electron chi connectivity index (χ3n) is 1.42. The first kappa shape index (κ1) is 16.8. The van der Waals surface area contributed by atoms with Crippen molar-refractivity contribution in [1.82, 2.24) is 0 Å². The summed E-state index contributed by atoms with van der Waals surface area (Å²) in [5, 5.41) is 43.5. The molecule has 0 spiro atoms. The van der Waals surface area contributed by atoms with Gasteiger partial charge in [0.2, 0.25) is 0 Å². The van der Waals surface area contributed by atoms with Crippen molar-refractivity contribution in [1.29, 1.82) is 0 Å². The molecule has 0 aliphatic carbocycles. The van der Waals surface area contributed by atoms with E-state index >= 15 is 0 Å². The van der Waals surface area contributed by atoms with Crippen LogP contribution in [0.2, 0.25) is 0 Å². The zero-order valence-electron chi connectivity index (χ0n) is 8.52. The lowest BCUT2D eigenvalue weighted by atomic mass is 10.0. The van der Waals surface area contributed by atoms with Crippen LogP contribution in [-0.4, -0.2) is 69.4 Å². The smallest absolute Gasteiger partial charge is 0.151 e. The van der Waals surface area contributed by atoms with Crippen molar-refractivity contribution >= 4 is 6.29 Å². The first-order valence-corrected chi connectivity index (χ1v) is 4.44. The van der Waals surface area contributed by atoms with E-state index in [4.69, 9.17) is 31.3 Å². The molecular formula is C8H19NO6. The molecule has 0 aromatic carbocycles. The Morgan fingerprint density at radius 3 is 1.87 bits per heavy atom. The highest BCUT2D eigenvalue weighted by atomic mass is 16.4. The van der Waals surface area contributed by atoms with Gasteiger partial charge in [-0.25, -0.2) is 0 Å². The zero-order chi connectivity index (χ0) is 12.4. The molecule has 0 heterocycles. The van der Waals surface area contributed by atoms with E-state index in [9.17, 15) is 4.79 Å². The van der Waals surface area contributed by atoms with Crippen LogP contribution in [0, 0.1) is 0 Å². The maximum absolute atomic E-state index is 9.90. The Hall–Kier alpha value is -0.570. The van der Waals surface area contributed by atoms with Gasteiger partial charge in [-0.1, -0.05) is 6.92 Å². The normalized spacial score (nSPS) is 18.1. The zero-order valence-corrected chi connectivity index (χ0v) is 8.52. The lowest BCUT2D eigenvalue weighted by molar-refractivity contribution is -0.136. The molecule has 0 radical (unpaired) electrons. The fraction of sp³-hybridized carbons (Fsp3) is 0.875. The van der Waals surface area contributed by atoms with Crippen LogP contribution in [0.1, 0.15) is 6.92 Å². The molecule has 0 aliphatic heterocycles. The molecule has 0 aliphatic rings. The maximum Gasteiger partial charge on any atom is 0.151 e. The number of aliphatic hydroxyl groups is 5. The third kappa shape index (κ3) is 7.37. The standard InChI is InChI=1S/C6H12O6.C2H7N/c7-1-3(9)5(11)6(12)4(10)2-8;1-2-3/h1,3-6,8-12H,2H2;2-3H2,1H3. The molecule has 0 saturated heterocycles. The molecule has 7 heteroatoms. The van der Waals surface area contributed by atoms with Crippen LogP contribution in [0.4, 0.5) is 0 Å². The molecule has 7 N–H and O–H groups in total. The lowest BCUT2D eigenvalue weighted by Gasteiger charge is -2.22. The third-order valence-corrected chi connectivity index (χ3v) is 1.42. The average Bonchev–Trinajstić information content (AvgIpc) is 2.25. The largest absolute Gasteiger partial charge is 0.394 e. The summed E-state index contributed by atoms with van der Waals surface area (Å²) in [6, 6.07) is 0. The van der Waals surface area contributed by atoms with Crippen LogP contribution in [0.15, 0.2) is 0 Å². The summed E-state index contributed by atoms with van der Waals surface area (Å²) in [7, 11) is 0. The first-order chi connectivity index (χ1) is 6.95. The number of carbonyl (C=O) groups is 1. The van der Waals surface area contributed by atoms with Crippen molar-refractivity contribution in [2.45, 2.75) is 31.3 Å². The van der Waals surface area contributed by atoms with Gasteiger partial charge in [0, 0.05) is 0 Å². The summed E-state index contributed by atoms with van der Waals surface area (Å²) < 4.78 is 0. The van der Waals surface area contributed by atoms with E-state index < -0.39 is 31.0 Å². The van der Waals surface area contributed by atoms with Gasteiger partial charge in [0.15, 0.2) is 6.29 Å². The predicted molar refractivity (Wildman–Crippen MR) is 51.9 cm³/mol. The predicted octanol–water partition coefficient (Wildman–Crippen LogP) is -3.41. The van der Waals surface area contributed by atoms with Gasteiger partial charge in [0.05, 0.1) is 6.61 Å². The van der Waals surface area contributed by atoms with Crippen molar-refractivity contribution in [3.05, 3.63) is 0 Å². The summed E-state index contributed by atoms with van der Waals surface area (Å²) in [5.41, 5.74) is 4.85. The molecule has 7 nitrogen and oxygen atoms in total. The van der Waals surface area contributed by atoms with Crippen LogP contribution >= 0.6 is 0 Å². The highest BCUT2D eigenvalue weighted by molar-refractivity contribution is 5.56. The molecule has 15 heavy (non-hydrogen) atoms. The Morgan fingerprint density at radius 1 is 1.20 bits per heavy atom. The Morgan fingerprint density at radius 2 is 1.60 bits per heavy atom. The van der Waals surface area contributed by atoms with E-state index in [1.807, 2.05) is 6.92 Å². The van der Waals surface area contributed by atoms with Crippen LogP contribution in [-0.2, 0) is 4.79 Å². The minimum absolute atomic E-state index is 0.0258. The average molecular weight is 225 g/mol.